The normalized spacial score (nSPS) is 16.5. The van der Waals surface area contributed by atoms with E-state index in [4.69, 9.17) is 0 Å². The van der Waals surface area contributed by atoms with Crippen LogP contribution in [0.5, 0.6) is 0 Å². The largest absolute Gasteiger partial charge is 0.352 e. The van der Waals surface area contributed by atoms with Gasteiger partial charge in [-0.3, -0.25) is 4.79 Å². The van der Waals surface area contributed by atoms with Gasteiger partial charge in [0.05, 0.1) is 0 Å². The van der Waals surface area contributed by atoms with Crippen LogP contribution in [0.25, 0.3) is 0 Å². The van der Waals surface area contributed by atoms with Crippen LogP contribution in [0.15, 0.2) is 24.3 Å². The van der Waals surface area contributed by atoms with Gasteiger partial charge in [-0.1, -0.05) is 18.2 Å². The van der Waals surface area contributed by atoms with Crippen molar-refractivity contribution < 1.29 is 9.18 Å². The topological polar surface area (TPSA) is 41.1 Å². The highest BCUT2D eigenvalue weighted by Gasteiger charge is 2.16. The third-order valence-electron chi connectivity index (χ3n) is 3.37. The molecule has 0 radical (unpaired) electrons. The molecule has 0 spiro atoms. The molecule has 18 heavy (non-hydrogen) atoms. The van der Waals surface area contributed by atoms with Crippen molar-refractivity contribution in [3.8, 4) is 0 Å². The second kappa shape index (κ2) is 6.50. The van der Waals surface area contributed by atoms with Gasteiger partial charge in [-0.05, 0) is 37.9 Å². The molecule has 0 saturated carbocycles. The first kappa shape index (κ1) is 13.0. The molecule has 0 unspecified atom stereocenters. The summed E-state index contributed by atoms with van der Waals surface area (Å²) in [5, 5.41) is 6.06. The maximum absolute atomic E-state index is 13.3. The molecule has 0 aliphatic carbocycles. The van der Waals surface area contributed by atoms with E-state index in [2.05, 4.69) is 10.6 Å². The number of carbonyl (C=O) groups is 1. The highest BCUT2D eigenvalue weighted by Crippen LogP contribution is 2.15. The van der Waals surface area contributed by atoms with Crippen molar-refractivity contribution in [1.29, 1.82) is 0 Å². The Bertz CT molecular complexity index is 403. The maximum atomic E-state index is 13.3. The highest BCUT2D eigenvalue weighted by atomic mass is 19.1. The molecule has 4 heteroatoms. The van der Waals surface area contributed by atoms with Crippen molar-refractivity contribution in [3.05, 3.63) is 35.6 Å². The van der Waals surface area contributed by atoms with Gasteiger partial charge < -0.3 is 10.6 Å². The molecule has 1 fully saturated rings. The van der Waals surface area contributed by atoms with Gasteiger partial charge in [0.25, 0.3) is 0 Å². The summed E-state index contributed by atoms with van der Waals surface area (Å²) >= 11 is 0. The Hall–Kier alpha value is -1.42. The molecule has 1 heterocycles. The predicted octanol–water partition coefficient (Wildman–Crippen LogP) is 1.83. The lowest BCUT2D eigenvalue weighted by Crippen LogP contribution is -2.32. The molecule has 1 aromatic rings. The van der Waals surface area contributed by atoms with Gasteiger partial charge in [0.2, 0.25) is 5.91 Å². The second-order valence-electron chi connectivity index (χ2n) is 4.77. The summed E-state index contributed by atoms with van der Waals surface area (Å²) in [6.45, 7) is 2.26. The van der Waals surface area contributed by atoms with Gasteiger partial charge in [-0.25, -0.2) is 4.39 Å². The molecule has 1 saturated heterocycles. The van der Waals surface area contributed by atoms with Crippen LogP contribution in [0.2, 0.25) is 0 Å². The fraction of sp³-hybridized carbons (Fsp3) is 0.500. The monoisotopic (exact) mass is 250 g/mol. The smallest absolute Gasteiger partial charge is 0.220 e. The Morgan fingerprint density at radius 1 is 1.33 bits per heavy atom. The number of hydrogen-bond acceptors (Lipinski definition) is 2. The zero-order chi connectivity index (χ0) is 12.8. The number of halogens is 1. The molecule has 98 valence electrons. The van der Waals surface area contributed by atoms with Gasteiger partial charge in [0.15, 0.2) is 0 Å². The first-order valence-corrected chi connectivity index (χ1v) is 6.46. The lowest BCUT2D eigenvalue weighted by molar-refractivity contribution is -0.122. The van der Waals surface area contributed by atoms with E-state index in [1.54, 1.807) is 18.2 Å². The first-order chi connectivity index (χ1) is 8.75. The number of hydrogen-bond donors (Lipinski definition) is 2. The number of rotatable bonds is 4. The van der Waals surface area contributed by atoms with E-state index >= 15 is 0 Å². The van der Waals surface area contributed by atoms with Crippen LogP contribution in [-0.2, 0) is 11.3 Å². The highest BCUT2D eigenvalue weighted by molar-refractivity contribution is 5.76. The summed E-state index contributed by atoms with van der Waals surface area (Å²) in [7, 11) is 0. The number of carbonyl (C=O) groups excluding carboxylic acids is 1. The number of amides is 1. The van der Waals surface area contributed by atoms with E-state index in [1.165, 1.54) is 6.07 Å². The Morgan fingerprint density at radius 2 is 2.06 bits per heavy atom. The minimum absolute atomic E-state index is 0.0187. The number of nitrogens with one attached hydrogen (secondary N) is 2. The van der Waals surface area contributed by atoms with E-state index in [-0.39, 0.29) is 18.3 Å². The number of piperidine rings is 1. The van der Waals surface area contributed by atoms with E-state index in [9.17, 15) is 9.18 Å². The van der Waals surface area contributed by atoms with E-state index in [0.717, 1.165) is 25.9 Å². The van der Waals surface area contributed by atoms with Crippen molar-refractivity contribution in [3.63, 3.8) is 0 Å². The summed E-state index contributed by atoms with van der Waals surface area (Å²) in [4.78, 5) is 11.7. The lowest BCUT2D eigenvalue weighted by atomic mass is 9.94. The minimum atomic E-state index is -0.264. The fourth-order valence-electron chi connectivity index (χ4n) is 2.26. The first-order valence-electron chi connectivity index (χ1n) is 6.46. The quantitative estimate of drug-likeness (QED) is 0.856. The zero-order valence-corrected chi connectivity index (χ0v) is 10.4. The molecule has 0 bridgehead atoms. The van der Waals surface area contributed by atoms with Gasteiger partial charge >= 0.3 is 0 Å². The standard InChI is InChI=1S/C14H19FN2O/c15-13-4-2-1-3-12(13)10-17-14(18)9-11-5-7-16-8-6-11/h1-4,11,16H,5-10H2,(H,17,18). The summed E-state index contributed by atoms with van der Waals surface area (Å²) < 4.78 is 13.3. The van der Waals surface area contributed by atoms with Crippen molar-refractivity contribution in [2.45, 2.75) is 25.8 Å². The Kier molecular flexibility index (Phi) is 4.70. The molecular weight excluding hydrogens is 231 g/mol. The molecular formula is C14H19FN2O. The summed E-state index contributed by atoms with van der Waals surface area (Å²) in [6.07, 6.45) is 2.65. The van der Waals surface area contributed by atoms with Crippen molar-refractivity contribution in [2.75, 3.05) is 13.1 Å². The van der Waals surface area contributed by atoms with Gasteiger partial charge in [0.1, 0.15) is 5.82 Å². The molecule has 1 amide bonds. The molecule has 2 N–H and O–H groups in total. The SMILES string of the molecule is O=C(CC1CCNCC1)NCc1ccccc1F. The molecule has 0 atom stereocenters. The van der Waals surface area contributed by atoms with Crippen molar-refractivity contribution in [2.24, 2.45) is 5.92 Å². The van der Waals surface area contributed by atoms with Crippen LogP contribution in [0.1, 0.15) is 24.8 Å². The second-order valence-corrected chi connectivity index (χ2v) is 4.77. The van der Waals surface area contributed by atoms with E-state index < -0.39 is 0 Å². The van der Waals surface area contributed by atoms with Crippen LogP contribution in [0.3, 0.4) is 0 Å². The van der Waals surface area contributed by atoms with Crippen molar-refractivity contribution >= 4 is 5.91 Å². The van der Waals surface area contributed by atoms with Crippen LogP contribution < -0.4 is 10.6 Å². The minimum Gasteiger partial charge on any atom is -0.352 e. The van der Waals surface area contributed by atoms with Gasteiger partial charge in [0, 0.05) is 18.5 Å². The van der Waals surface area contributed by atoms with Gasteiger partial charge in [-0.2, -0.15) is 0 Å². The predicted molar refractivity (Wildman–Crippen MR) is 68.5 cm³/mol. The molecule has 1 aliphatic heterocycles. The Balaban J connectivity index is 1.76. The van der Waals surface area contributed by atoms with Crippen molar-refractivity contribution in [1.82, 2.24) is 10.6 Å². The van der Waals surface area contributed by atoms with Crippen LogP contribution in [0.4, 0.5) is 4.39 Å². The van der Waals surface area contributed by atoms with Gasteiger partial charge in [-0.15, -0.1) is 0 Å². The molecule has 0 aromatic heterocycles. The maximum Gasteiger partial charge on any atom is 0.220 e. The fourth-order valence-corrected chi connectivity index (χ4v) is 2.26. The van der Waals surface area contributed by atoms with Crippen LogP contribution >= 0.6 is 0 Å². The lowest BCUT2D eigenvalue weighted by Gasteiger charge is -2.21. The van der Waals surface area contributed by atoms with E-state index in [0.29, 0.717) is 17.9 Å². The Morgan fingerprint density at radius 3 is 2.78 bits per heavy atom. The summed E-state index contributed by atoms with van der Waals surface area (Å²) in [5.41, 5.74) is 0.538. The summed E-state index contributed by atoms with van der Waals surface area (Å²) in [6, 6.07) is 6.53. The Labute approximate surface area is 107 Å². The molecule has 1 aliphatic rings. The third-order valence-corrected chi connectivity index (χ3v) is 3.37. The average Bonchev–Trinajstić information content (AvgIpc) is 2.39. The zero-order valence-electron chi connectivity index (χ0n) is 10.4. The third kappa shape index (κ3) is 3.81. The van der Waals surface area contributed by atoms with Crippen LogP contribution in [-0.4, -0.2) is 19.0 Å². The molecule has 1 aromatic carbocycles. The van der Waals surface area contributed by atoms with Crippen LogP contribution in [0, 0.1) is 11.7 Å². The summed E-state index contributed by atoms with van der Waals surface area (Å²) in [5.74, 6) is 0.219. The number of benzene rings is 1. The molecule has 2 rings (SSSR count). The van der Waals surface area contributed by atoms with E-state index in [1.807, 2.05) is 0 Å². The molecule has 3 nitrogen and oxygen atoms in total. The average molecular weight is 250 g/mol.